The standard InChI is InChI=1S/C9H7Br2NOS/c10-7-4-5(9(11)14-7)8(13)6-2-1-3-12-6/h1-4,8,12-13H. The van der Waals surface area contributed by atoms with Crippen LogP contribution >= 0.6 is 43.2 Å². The Morgan fingerprint density at radius 2 is 2.21 bits per heavy atom. The maximum Gasteiger partial charge on any atom is 0.121 e. The fourth-order valence-corrected chi connectivity index (χ4v) is 4.11. The van der Waals surface area contributed by atoms with Gasteiger partial charge >= 0.3 is 0 Å². The minimum absolute atomic E-state index is 0.595. The molecule has 5 heteroatoms. The number of nitrogens with one attached hydrogen (secondary N) is 1. The first-order valence-electron chi connectivity index (χ1n) is 3.94. The summed E-state index contributed by atoms with van der Waals surface area (Å²) in [6, 6.07) is 5.65. The van der Waals surface area contributed by atoms with Crippen molar-refractivity contribution in [2.45, 2.75) is 6.10 Å². The summed E-state index contributed by atoms with van der Waals surface area (Å²) >= 11 is 8.35. The molecule has 0 amide bonds. The lowest BCUT2D eigenvalue weighted by atomic mass is 10.1. The van der Waals surface area contributed by atoms with Crippen LogP contribution in [0.25, 0.3) is 0 Å². The molecule has 0 saturated heterocycles. The zero-order chi connectivity index (χ0) is 10.1. The third kappa shape index (κ3) is 1.95. The molecule has 0 radical (unpaired) electrons. The quantitative estimate of drug-likeness (QED) is 0.862. The van der Waals surface area contributed by atoms with Crippen molar-refractivity contribution in [3.63, 3.8) is 0 Å². The Bertz CT molecular complexity index is 424. The van der Waals surface area contributed by atoms with E-state index < -0.39 is 6.10 Å². The first kappa shape index (κ1) is 10.4. The second kappa shape index (κ2) is 4.18. The van der Waals surface area contributed by atoms with E-state index in [0.29, 0.717) is 0 Å². The van der Waals surface area contributed by atoms with Gasteiger partial charge in [-0.3, -0.25) is 0 Å². The molecular formula is C9H7Br2NOS. The topological polar surface area (TPSA) is 36.0 Å². The minimum Gasteiger partial charge on any atom is -0.382 e. The van der Waals surface area contributed by atoms with Gasteiger partial charge in [-0.05, 0) is 50.1 Å². The van der Waals surface area contributed by atoms with Crippen molar-refractivity contribution in [3.05, 3.63) is 43.2 Å². The summed E-state index contributed by atoms with van der Waals surface area (Å²) in [5.74, 6) is 0. The van der Waals surface area contributed by atoms with Gasteiger partial charge in [0.05, 0.1) is 7.57 Å². The molecule has 0 aliphatic heterocycles. The van der Waals surface area contributed by atoms with Gasteiger partial charge in [-0.25, -0.2) is 0 Å². The van der Waals surface area contributed by atoms with E-state index in [-0.39, 0.29) is 0 Å². The van der Waals surface area contributed by atoms with Crippen molar-refractivity contribution >= 4 is 43.2 Å². The second-order valence-corrected chi connectivity index (χ2v) is 6.56. The Morgan fingerprint density at radius 1 is 1.43 bits per heavy atom. The number of halogens is 2. The molecule has 14 heavy (non-hydrogen) atoms. The summed E-state index contributed by atoms with van der Waals surface area (Å²) in [4.78, 5) is 2.99. The van der Waals surface area contributed by atoms with E-state index >= 15 is 0 Å². The number of aromatic nitrogens is 1. The van der Waals surface area contributed by atoms with Crippen LogP contribution in [0.4, 0.5) is 0 Å². The predicted octanol–water partition coefficient (Wildman–Crippen LogP) is 3.68. The molecule has 74 valence electrons. The Morgan fingerprint density at radius 3 is 2.71 bits per heavy atom. The molecule has 2 rings (SSSR count). The Balaban J connectivity index is 2.36. The highest BCUT2D eigenvalue weighted by Gasteiger charge is 2.16. The van der Waals surface area contributed by atoms with Crippen molar-refractivity contribution in [1.82, 2.24) is 4.98 Å². The van der Waals surface area contributed by atoms with Gasteiger partial charge in [0.1, 0.15) is 6.10 Å². The van der Waals surface area contributed by atoms with Crippen molar-refractivity contribution in [1.29, 1.82) is 0 Å². The second-order valence-electron chi connectivity index (χ2n) is 2.81. The first-order valence-corrected chi connectivity index (χ1v) is 6.35. The molecule has 1 atom stereocenters. The molecule has 0 saturated carbocycles. The molecule has 2 aromatic rings. The van der Waals surface area contributed by atoms with Crippen LogP contribution in [-0.4, -0.2) is 10.1 Å². The van der Waals surface area contributed by atoms with Crippen LogP contribution in [0, 0.1) is 0 Å². The number of hydrogen-bond acceptors (Lipinski definition) is 2. The fourth-order valence-electron chi connectivity index (χ4n) is 1.22. The third-order valence-electron chi connectivity index (χ3n) is 1.89. The summed E-state index contributed by atoms with van der Waals surface area (Å²) in [5, 5.41) is 10.00. The van der Waals surface area contributed by atoms with Crippen molar-refractivity contribution < 1.29 is 5.11 Å². The molecule has 0 aromatic carbocycles. The molecule has 2 heterocycles. The number of thiophene rings is 1. The average Bonchev–Trinajstić information content (AvgIpc) is 2.73. The van der Waals surface area contributed by atoms with Crippen molar-refractivity contribution in [2.24, 2.45) is 0 Å². The summed E-state index contributed by atoms with van der Waals surface area (Å²) in [6.45, 7) is 0. The number of aliphatic hydroxyl groups is 1. The lowest BCUT2D eigenvalue weighted by Gasteiger charge is -2.06. The lowest BCUT2D eigenvalue weighted by molar-refractivity contribution is 0.216. The Kier molecular flexibility index (Phi) is 3.11. The van der Waals surface area contributed by atoms with E-state index in [1.165, 1.54) is 0 Å². The Labute approximate surface area is 102 Å². The van der Waals surface area contributed by atoms with Gasteiger partial charge in [-0.1, -0.05) is 0 Å². The van der Waals surface area contributed by atoms with Crippen LogP contribution in [-0.2, 0) is 0 Å². The third-order valence-corrected chi connectivity index (χ3v) is 4.28. The maximum absolute atomic E-state index is 10.00. The van der Waals surface area contributed by atoms with Crippen LogP contribution in [0.15, 0.2) is 32.0 Å². The molecule has 2 N–H and O–H groups in total. The SMILES string of the molecule is OC(c1ccc[nH]1)c1cc(Br)sc1Br. The van der Waals surface area contributed by atoms with Crippen LogP contribution in [0.2, 0.25) is 0 Å². The minimum atomic E-state index is -0.595. The van der Waals surface area contributed by atoms with Crippen LogP contribution < -0.4 is 0 Å². The molecule has 1 unspecified atom stereocenters. The van der Waals surface area contributed by atoms with E-state index in [1.807, 2.05) is 18.2 Å². The van der Waals surface area contributed by atoms with Crippen molar-refractivity contribution in [3.8, 4) is 0 Å². The van der Waals surface area contributed by atoms with Gasteiger partial charge in [0.2, 0.25) is 0 Å². The van der Waals surface area contributed by atoms with Gasteiger partial charge in [0.15, 0.2) is 0 Å². The summed E-state index contributed by atoms with van der Waals surface area (Å²) < 4.78 is 1.96. The first-order chi connectivity index (χ1) is 6.68. The number of H-pyrrole nitrogens is 1. The predicted molar refractivity (Wildman–Crippen MR) is 64.6 cm³/mol. The molecule has 0 aliphatic rings. The summed E-state index contributed by atoms with van der Waals surface area (Å²) in [7, 11) is 0. The number of rotatable bonds is 2. The highest BCUT2D eigenvalue weighted by atomic mass is 79.9. The van der Waals surface area contributed by atoms with Gasteiger partial charge in [-0.15, -0.1) is 11.3 Å². The van der Waals surface area contributed by atoms with Gasteiger partial charge < -0.3 is 10.1 Å². The molecule has 0 bridgehead atoms. The summed E-state index contributed by atoms with van der Waals surface area (Å²) in [6.07, 6.45) is 1.20. The largest absolute Gasteiger partial charge is 0.382 e. The molecule has 0 fully saturated rings. The fraction of sp³-hybridized carbons (Fsp3) is 0.111. The number of aliphatic hydroxyl groups excluding tert-OH is 1. The molecular weight excluding hydrogens is 330 g/mol. The van der Waals surface area contributed by atoms with Gasteiger partial charge in [0.25, 0.3) is 0 Å². The van der Waals surface area contributed by atoms with E-state index in [4.69, 9.17) is 0 Å². The van der Waals surface area contributed by atoms with E-state index in [1.54, 1.807) is 17.5 Å². The maximum atomic E-state index is 10.00. The highest BCUT2D eigenvalue weighted by molar-refractivity contribution is 9.12. The normalized spacial score (nSPS) is 13.1. The number of aromatic amines is 1. The average molecular weight is 337 g/mol. The van der Waals surface area contributed by atoms with Crippen LogP contribution in [0.3, 0.4) is 0 Å². The highest BCUT2D eigenvalue weighted by Crippen LogP contribution is 2.37. The summed E-state index contributed by atoms with van der Waals surface area (Å²) in [5.41, 5.74) is 1.68. The molecule has 0 aliphatic carbocycles. The van der Waals surface area contributed by atoms with Crippen LogP contribution in [0.5, 0.6) is 0 Å². The number of hydrogen-bond donors (Lipinski definition) is 2. The van der Waals surface area contributed by atoms with E-state index in [0.717, 1.165) is 18.8 Å². The van der Waals surface area contributed by atoms with Crippen LogP contribution in [0.1, 0.15) is 17.4 Å². The van der Waals surface area contributed by atoms with E-state index in [2.05, 4.69) is 36.8 Å². The van der Waals surface area contributed by atoms with Crippen molar-refractivity contribution in [2.75, 3.05) is 0 Å². The molecule has 2 nitrogen and oxygen atoms in total. The zero-order valence-corrected chi connectivity index (χ0v) is 11.0. The molecule has 2 aromatic heterocycles. The molecule has 0 spiro atoms. The monoisotopic (exact) mass is 335 g/mol. The smallest absolute Gasteiger partial charge is 0.121 e. The van der Waals surface area contributed by atoms with Gasteiger partial charge in [0, 0.05) is 17.5 Å². The Hall–Kier alpha value is -0.100. The lowest BCUT2D eigenvalue weighted by Crippen LogP contribution is -1.98. The van der Waals surface area contributed by atoms with E-state index in [9.17, 15) is 5.11 Å². The zero-order valence-electron chi connectivity index (χ0n) is 7.00. The van der Waals surface area contributed by atoms with Gasteiger partial charge in [-0.2, -0.15) is 0 Å².